The lowest BCUT2D eigenvalue weighted by Gasteiger charge is -1.98. The number of unbranched alkanes of at least 4 members (excludes halogenated alkanes) is 5. The van der Waals surface area contributed by atoms with E-state index in [0.717, 1.165) is 19.3 Å². The summed E-state index contributed by atoms with van der Waals surface area (Å²) in [6.07, 6.45) is 23.0. The van der Waals surface area contributed by atoms with Gasteiger partial charge in [0.05, 0.1) is 12.2 Å². The van der Waals surface area contributed by atoms with Crippen LogP contribution in [0.25, 0.3) is 0 Å². The van der Waals surface area contributed by atoms with Crippen molar-refractivity contribution in [2.75, 3.05) is 0 Å². The first-order valence-corrected chi connectivity index (χ1v) is 8.34. The van der Waals surface area contributed by atoms with Crippen LogP contribution in [0.4, 0.5) is 0 Å². The Morgan fingerprint density at radius 2 is 1.53 bits per heavy atom. The molecule has 0 aliphatic carbocycles. The van der Waals surface area contributed by atoms with E-state index in [1.807, 2.05) is 0 Å². The molecule has 0 N–H and O–H groups in total. The molecule has 0 aromatic heterocycles. The standard InChI is InChI=1S/C18H32O/c1-3-5-7-9-11-13-15-17-18(19-17)16-14-12-10-8-6-4-2/h5,7,11,13,17-18H,3-4,6,8-10,12,14-16H2,1-2H3/b7-5-,13-11-/t17-,18+/m0/s1. The third kappa shape index (κ3) is 9.04. The molecule has 0 saturated carbocycles. The smallest absolute Gasteiger partial charge is 0.0876 e. The number of hydrogen-bond acceptors (Lipinski definition) is 1. The van der Waals surface area contributed by atoms with Crippen molar-refractivity contribution in [3.63, 3.8) is 0 Å². The summed E-state index contributed by atoms with van der Waals surface area (Å²) in [5.41, 5.74) is 0. The molecule has 1 heterocycles. The molecule has 0 amide bonds. The summed E-state index contributed by atoms with van der Waals surface area (Å²) < 4.78 is 5.70. The van der Waals surface area contributed by atoms with E-state index < -0.39 is 0 Å². The second kappa shape index (κ2) is 11.3. The van der Waals surface area contributed by atoms with Gasteiger partial charge >= 0.3 is 0 Å². The van der Waals surface area contributed by atoms with Crippen molar-refractivity contribution in [1.82, 2.24) is 0 Å². The van der Waals surface area contributed by atoms with Gasteiger partial charge in [-0.25, -0.2) is 0 Å². The van der Waals surface area contributed by atoms with Gasteiger partial charge in [-0.15, -0.1) is 0 Å². The Morgan fingerprint density at radius 1 is 0.789 bits per heavy atom. The molecule has 1 fully saturated rings. The molecule has 0 aromatic carbocycles. The van der Waals surface area contributed by atoms with Crippen LogP contribution >= 0.6 is 0 Å². The highest BCUT2D eigenvalue weighted by atomic mass is 16.6. The summed E-state index contributed by atoms with van der Waals surface area (Å²) in [7, 11) is 0. The number of allylic oxidation sites excluding steroid dienone is 3. The maximum Gasteiger partial charge on any atom is 0.0876 e. The molecule has 1 rings (SSSR count). The average molecular weight is 264 g/mol. The van der Waals surface area contributed by atoms with Gasteiger partial charge < -0.3 is 4.74 Å². The predicted octanol–water partition coefficient (Wildman–Crippen LogP) is 5.81. The molecular weight excluding hydrogens is 232 g/mol. The van der Waals surface area contributed by atoms with Crippen LogP contribution in [-0.4, -0.2) is 12.2 Å². The number of ether oxygens (including phenoxy) is 1. The van der Waals surface area contributed by atoms with Gasteiger partial charge in [0.1, 0.15) is 0 Å². The molecule has 1 aliphatic heterocycles. The molecule has 0 aromatic rings. The lowest BCUT2D eigenvalue weighted by molar-refractivity contribution is 0.358. The van der Waals surface area contributed by atoms with Crippen LogP contribution in [0.3, 0.4) is 0 Å². The minimum absolute atomic E-state index is 0.530. The van der Waals surface area contributed by atoms with Gasteiger partial charge in [-0.1, -0.05) is 76.7 Å². The fourth-order valence-corrected chi connectivity index (χ4v) is 2.43. The van der Waals surface area contributed by atoms with Crippen molar-refractivity contribution < 1.29 is 4.74 Å². The highest BCUT2D eigenvalue weighted by Crippen LogP contribution is 2.30. The first-order valence-electron chi connectivity index (χ1n) is 8.34. The Bertz CT molecular complexity index is 254. The van der Waals surface area contributed by atoms with Crippen molar-refractivity contribution in [1.29, 1.82) is 0 Å². The van der Waals surface area contributed by atoms with E-state index in [4.69, 9.17) is 4.74 Å². The SMILES string of the molecule is CC/C=C\C/C=C\C[C@@H]1O[C@@H]1CCCCCCCC. The minimum Gasteiger partial charge on any atom is -0.369 e. The predicted molar refractivity (Wildman–Crippen MR) is 84.5 cm³/mol. The largest absolute Gasteiger partial charge is 0.369 e. The van der Waals surface area contributed by atoms with Crippen molar-refractivity contribution in [2.24, 2.45) is 0 Å². The minimum atomic E-state index is 0.530. The van der Waals surface area contributed by atoms with E-state index in [9.17, 15) is 0 Å². The number of epoxide rings is 1. The molecule has 0 radical (unpaired) electrons. The molecule has 1 nitrogen and oxygen atoms in total. The van der Waals surface area contributed by atoms with Crippen LogP contribution in [0.1, 0.15) is 78.1 Å². The van der Waals surface area contributed by atoms with Gasteiger partial charge in [0, 0.05) is 0 Å². The van der Waals surface area contributed by atoms with Crippen molar-refractivity contribution in [2.45, 2.75) is 90.3 Å². The zero-order chi connectivity index (χ0) is 13.8. The highest BCUT2D eigenvalue weighted by molar-refractivity contribution is 4.97. The van der Waals surface area contributed by atoms with E-state index in [1.54, 1.807) is 0 Å². The normalized spacial score (nSPS) is 22.6. The van der Waals surface area contributed by atoms with Crippen LogP contribution in [0.5, 0.6) is 0 Å². The Balaban J connectivity index is 1.87. The molecule has 1 heteroatoms. The van der Waals surface area contributed by atoms with Crippen molar-refractivity contribution in [3.8, 4) is 0 Å². The molecule has 0 unspecified atom stereocenters. The molecule has 0 spiro atoms. The van der Waals surface area contributed by atoms with Crippen molar-refractivity contribution in [3.05, 3.63) is 24.3 Å². The Hall–Kier alpha value is -0.560. The van der Waals surface area contributed by atoms with E-state index in [2.05, 4.69) is 38.2 Å². The Labute approximate surface area is 120 Å². The molecular formula is C18H32O. The average Bonchev–Trinajstić information content (AvgIpc) is 3.16. The first kappa shape index (κ1) is 16.5. The molecule has 1 saturated heterocycles. The topological polar surface area (TPSA) is 12.5 Å². The maximum absolute atomic E-state index is 5.70. The summed E-state index contributed by atoms with van der Waals surface area (Å²) in [5, 5.41) is 0. The van der Waals surface area contributed by atoms with Gasteiger partial charge in [0.15, 0.2) is 0 Å². The molecule has 19 heavy (non-hydrogen) atoms. The monoisotopic (exact) mass is 264 g/mol. The molecule has 0 bridgehead atoms. The summed E-state index contributed by atoms with van der Waals surface area (Å²) in [6, 6.07) is 0. The van der Waals surface area contributed by atoms with Crippen LogP contribution in [0.2, 0.25) is 0 Å². The first-order chi connectivity index (χ1) is 9.38. The lowest BCUT2D eigenvalue weighted by atomic mass is 10.1. The van der Waals surface area contributed by atoms with Crippen LogP contribution in [-0.2, 0) is 4.74 Å². The number of rotatable bonds is 12. The number of hydrogen-bond donors (Lipinski definition) is 0. The zero-order valence-electron chi connectivity index (χ0n) is 12.9. The van der Waals surface area contributed by atoms with E-state index in [-0.39, 0.29) is 0 Å². The zero-order valence-corrected chi connectivity index (χ0v) is 12.9. The molecule has 110 valence electrons. The summed E-state index contributed by atoms with van der Waals surface area (Å²) in [4.78, 5) is 0. The second-order valence-corrected chi connectivity index (χ2v) is 5.59. The van der Waals surface area contributed by atoms with E-state index >= 15 is 0 Å². The maximum atomic E-state index is 5.70. The van der Waals surface area contributed by atoms with E-state index in [1.165, 1.54) is 44.9 Å². The summed E-state index contributed by atoms with van der Waals surface area (Å²) in [6.45, 7) is 4.44. The van der Waals surface area contributed by atoms with Gasteiger partial charge in [-0.05, 0) is 25.7 Å². The Morgan fingerprint density at radius 3 is 2.32 bits per heavy atom. The fraction of sp³-hybridized carbons (Fsp3) is 0.778. The van der Waals surface area contributed by atoms with Crippen LogP contribution in [0.15, 0.2) is 24.3 Å². The quantitative estimate of drug-likeness (QED) is 0.246. The molecule has 2 atom stereocenters. The van der Waals surface area contributed by atoms with E-state index in [0.29, 0.717) is 12.2 Å². The molecule has 1 aliphatic rings. The Kier molecular flexibility index (Phi) is 9.79. The van der Waals surface area contributed by atoms with Gasteiger partial charge in [-0.3, -0.25) is 0 Å². The summed E-state index contributed by atoms with van der Waals surface area (Å²) in [5.74, 6) is 0. The second-order valence-electron chi connectivity index (χ2n) is 5.59. The van der Waals surface area contributed by atoms with Gasteiger partial charge in [0.25, 0.3) is 0 Å². The third-order valence-electron chi connectivity index (χ3n) is 3.74. The highest BCUT2D eigenvalue weighted by Gasteiger charge is 2.36. The van der Waals surface area contributed by atoms with Gasteiger partial charge in [0.2, 0.25) is 0 Å². The van der Waals surface area contributed by atoms with Crippen LogP contribution < -0.4 is 0 Å². The lowest BCUT2D eigenvalue weighted by Crippen LogP contribution is -1.92. The summed E-state index contributed by atoms with van der Waals surface area (Å²) >= 11 is 0. The van der Waals surface area contributed by atoms with Crippen LogP contribution in [0, 0.1) is 0 Å². The van der Waals surface area contributed by atoms with Crippen molar-refractivity contribution >= 4 is 0 Å². The van der Waals surface area contributed by atoms with Gasteiger partial charge in [-0.2, -0.15) is 0 Å². The fourth-order valence-electron chi connectivity index (χ4n) is 2.43. The third-order valence-corrected chi connectivity index (χ3v) is 3.74.